The van der Waals surface area contributed by atoms with Gasteiger partial charge in [-0.05, 0) is 43.9 Å². The Morgan fingerprint density at radius 2 is 2.17 bits per heavy atom. The first-order valence-corrected chi connectivity index (χ1v) is 8.27. The molecule has 1 heterocycles. The fourth-order valence-electron chi connectivity index (χ4n) is 3.17. The van der Waals surface area contributed by atoms with Gasteiger partial charge in [0, 0.05) is 36.3 Å². The highest BCUT2D eigenvalue weighted by molar-refractivity contribution is 5.99. The van der Waals surface area contributed by atoms with Crippen molar-refractivity contribution in [1.82, 2.24) is 5.32 Å². The van der Waals surface area contributed by atoms with Gasteiger partial charge < -0.3 is 16.0 Å². The summed E-state index contributed by atoms with van der Waals surface area (Å²) < 4.78 is 0. The molecule has 1 aliphatic rings. The highest BCUT2D eigenvalue weighted by atomic mass is 16.2. The smallest absolute Gasteiger partial charge is 0.251 e. The number of nitrogens with one attached hydrogen (secondary N) is 1. The van der Waals surface area contributed by atoms with E-state index in [1.54, 1.807) is 17.0 Å². The number of carbonyl (C=O) groups is 2. The Balaban J connectivity index is 2.15. The average Bonchev–Trinajstić information content (AvgIpc) is 2.92. The minimum atomic E-state index is -0.426. The molecule has 0 aromatic heterocycles. The van der Waals surface area contributed by atoms with Crippen LogP contribution < -0.4 is 16.0 Å². The van der Waals surface area contributed by atoms with Gasteiger partial charge in [0.05, 0.1) is 0 Å². The number of amides is 2. The Bertz CT molecular complexity index is 585. The van der Waals surface area contributed by atoms with Gasteiger partial charge >= 0.3 is 0 Å². The van der Waals surface area contributed by atoms with Crippen molar-refractivity contribution in [2.75, 3.05) is 18.0 Å². The van der Waals surface area contributed by atoms with Crippen LogP contribution in [0.2, 0.25) is 0 Å². The van der Waals surface area contributed by atoms with Crippen LogP contribution in [0.4, 0.5) is 5.69 Å². The number of nitrogens with zero attached hydrogens (tertiary/aromatic N) is 1. The van der Waals surface area contributed by atoms with Gasteiger partial charge in [0.2, 0.25) is 5.91 Å². The summed E-state index contributed by atoms with van der Waals surface area (Å²) in [6.45, 7) is 7.30. The summed E-state index contributed by atoms with van der Waals surface area (Å²) in [7, 11) is 0. The van der Waals surface area contributed by atoms with E-state index in [4.69, 9.17) is 5.73 Å². The molecule has 1 aromatic rings. The number of anilines is 1. The predicted molar refractivity (Wildman–Crippen MR) is 92.4 cm³/mol. The van der Waals surface area contributed by atoms with E-state index in [0.717, 1.165) is 25.1 Å². The van der Waals surface area contributed by atoms with Crippen LogP contribution in [-0.4, -0.2) is 30.4 Å². The summed E-state index contributed by atoms with van der Waals surface area (Å²) >= 11 is 0. The number of rotatable bonds is 6. The summed E-state index contributed by atoms with van der Waals surface area (Å²) in [6, 6.07) is 7.24. The molecule has 5 nitrogen and oxygen atoms in total. The lowest BCUT2D eigenvalue weighted by Gasteiger charge is -2.31. The molecule has 1 aromatic carbocycles. The van der Waals surface area contributed by atoms with Gasteiger partial charge in [-0.2, -0.15) is 0 Å². The third kappa shape index (κ3) is 4.32. The minimum Gasteiger partial charge on any atom is -0.346 e. The normalized spacial score (nSPS) is 17.4. The van der Waals surface area contributed by atoms with Crippen molar-refractivity contribution in [2.24, 2.45) is 11.7 Å². The summed E-state index contributed by atoms with van der Waals surface area (Å²) in [4.78, 5) is 26.2. The molecule has 5 heteroatoms. The van der Waals surface area contributed by atoms with Crippen molar-refractivity contribution in [1.29, 1.82) is 0 Å². The maximum atomic E-state index is 12.6. The largest absolute Gasteiger partial charge is 0.346 e. The van der Waals surface area contributed by atoms with Crippen LogP contribution in [0.5, 0.6) is 0 Å². The fourth-order valence-corrected chi connectivity index (χ4v) is 3.17. The molecular formula is C18H27N3O2. The Morgan fingerprint density at radius 1 is 1.43 bits per heavy atom. The van der Waals surface area contributed by atoms with E-state index in [-0.39, 0.29) is 11.8 Å². The third-order valence-corrected chi connectivity index (χ3v) is 4.22. The van der Waals surface area contributed by atoms with Crippen LogP contribution in [0.1, 0.15) is 50.4 Å². The molecule has 1 unspecified atom stereocenters. The molecule has 23 heavy (non-hydrogen) atoms. The lowest BCUT2D eigenvalue weighted by Crippen LogP contribution is -2.52. The molecule has 1 aliphatic heterocycles. The Hall–Kier alpha value is -1.88. The maximum absolute atomic E-state index is 12.6. The van der Waals surface area contributed by atoms with Crippen LogP contribution in [0.15, 0.2) is 24.3 Å². The van der Waals surface area contributed by atoms with Crippen molar-refractivity contribution in [3.63, 3.8) is 0 Å². The van der Waals surface area contributed by atoms with Crippen molar-refractivity contribution in [3.8, 4) is 0 Å². The lowest BCUT2D eigenvalue weighted by molar-refractivity contribution is -0.117. The average molecular weight is 317 g/mol. The van der Waals surface area contributed by atoms with Gasteiger partial charge in [0.25, 0.3) is 5.91 Å². The second-order valence-corrected chi connectivity index (χ2v) is 7.02. The zero-order valence-corrected chi connectivity index (χ0v) is 14.3. The van der Waals surface area contributed by atoms with Gasteiger partial charge in [-0.1, -0.05) is 19.9 Å². The van der Waals surface area contributed by atoms with E-state index in [1.165, 1.54) is 0 Å². The summed E-state index contributed by atoms with van der Waals surface area (Å²) in [5, 5.41) is 3.05. The maximum Gasteiger partial charge on any atom is 0.251 e. The fraction of sp³-hybridized carbons (Fsp3) is 0.556. The zero-order chi connectivity index (χ0) is 17.0. The SMILES string of the molecule is CC(C)CC(C)(CN)NC(=O)c1cccc(N2CCCC2=O)c1. The van der Waals surface area contributed by atoms with Gasteiger partial charge in [-0.15, -0.1) is 0 Å². The summed E-state index contributed by atoms with van der Waals surface area (Å²) in [5.74, 6) is 0.415. The molecule has 2 rings (SSSR count). The molecule has 0 spiro atoms. The highest BCUT2D eigenvalue weighted by Gasteiger charge is 2.27. The van der Waals surface area contributed by atoms with E-state index < -0.39 is 5.54 Å². The second kappa shape index (κ2) is 7.13. The lowest BCUT2D eigenvalue weighted by atomic mass is 9.90. The van der Waals surface area contributed by atoms with Crippen LogP contribution in [0.3, 0.4) is 0 Å². The minimum absolute atomic E-state index is 0.120. The van der Waals surface area contributed by atoms with E-state index >= 15 is 0 Å². The number of carbonyl (C=O) groups excluding carboxylic acids is 2. The van der Waals surface area contributed by atoms with E-state index in [9.17, 15) is 9.59 Å². The topological polar surface area (TPSA) is 75.4 Å². The van der Waals surface area contributed by atoms with Gasteiger partial charge in [-0.25, -0.2) is 0 Å². The summed E-state index contributed by atoms with van der Waals surface area (Å²) in [6.07, 6.45) is 2.27. The van der Waals surface area contributed by atoms with Crippen molar-refractivity contribution < 1.29 is 9.59 Å². The van der Waals surface area contributed by atoms with Gasteiger partial charge in [0.15, 0.2) is 0 Å². The molecule has 0 bridgehead atoms. The number of hydrogen-bond acceptors (Lipinski definition) is 3. The molecule has 0 aliphatic carbocycles. The molecule has 1 saturated heterocycles. The number of benzene rings is 1. The van der Waals surface area contributed by atoms with Gasteiger partial charge in [-0.3, -0.25) is 9.59 Å². The van der Waals surface area contributed by atoms with Crippen molar-refractivity contribution >= 4 is 17.5 Å². The van der Waals surface area contributed by atoms with Crippen molar-refractivity contribution in [3.05, 3.63) is 29.8 Å². The Labute approximate surface area is 138 Å². The summed E-state index contributed by atoms with van der Waals surface area (Å²) in [5.41, 5.74) is 6.79. The van der Waals surface area contributed by atoms with Gasteiger partial charge in [0.1, 0.15) is 0 Å². The molecular weight excluding hydrogens is 290 g/mol. The molecule has 3 N–H and O–H groups in total. The van der Waals surface area contributed by atoms with E-state index in [1.807, 2.05) is 19.1 Å². The first-order valence-electron chi connectivity index (χ1n) is 8.27. The predicted octanol–water partition coefficient (Wildman–Crippen LogP) is 2.31. The first-order chi connectivity index (χ1) is 10.8. The number of hydrogen-bond donors (Lipinski definition) is 2. The molecule has 2 amide bonds. The third-order valence-electron chi connectivity index (χ3n) is 4.22. The van der Waals surface area contributed by atoms with Crippen LogP contribution in [0, 0.1) is 5.92 Å². The number of nitrogens with two attached hydrogens (primary N) is 1. The Kier molecular flexibility index (Phi) is 5.42. The van der Waals surface area contributed by atoms with Crippen LogP contribution in [0.25, 0.3) is 0 Å². The van der Waals surface area contributed by atoms with E-state index in [2.05, 4.69) is 19.2 Å². The first kappa shape index (κ1) is 17.5. The van der Waals surface area contributed by atoms with Crippen molar-refractivity contribution in [2.45, 2.75) is 45.6 Å². The molecule has 0 radical (unpaired) electrons. The highest BCUT2D eigenvalue weighted by Crippen LogP contribution is 2.23. The van der Waals surface area contributed by atoms with Crippen LogP contribution in [-0.2, 0) is 4.79 Å². The monoisotopic (exact) mass is 317 g/mol. The molecule has 1 atom stereocenters. The second-order valence-electron chi connectivity index (χ2n) is 7.02. The quantitative estimate of drug-likeness (QED) is 0.845. The zero-order valence-electron chi connectivity index (χ0n) is 14.3. The Morgan fingerprint density at radius 3 is 2.74 bits per heavy atom. The molecule has 0 saturated carbocycles. The molecule has 126 valence electrons. The molecule has 1 fully saturated rings. The standard InChI is InChI=1S/C18H27N3O2/c1-13(2)11-18(3,12-19)20-17(23)14-6-4-7-15(10-14)21-9-5-8-16(21)22/h4,6-7,10,13H,5,8-9,11-12,19H2,1-3H3,(H,20,23). The van der Waals surface area contributed by atoms with E-state index in [0.29, 0.717) is 24.4 Å². The van der Waals surface area contributed by atoms with Crippen LogP contribution >= 0.6 is 0 Å².